The van der Waals surface area contributed by atoms with E-state index >= 15 is 0 Å². The minimum atomic E-state index is -0.125. The van der Waals surface area contributed by atoms with E-state index in [4.69, 9.17) is 5.84 Å². The molecule has 0 fully saturated rings. The quantitative estimate of drug-likeness (QED) is 0.421. The van der Waals surface area contributed by atoms with Gasteiger partial charge in [-0.2, -0.15) is 0 Å². The zero-order valence-corrected chi connectivity index (χ0v) is 9.87. The summed E-state index contributed by atoms with van der Waals surface area (Å²) in [5.74, 6) is 4.64. The van der Waals surface area contributed by atoms with E-state index in [1.165, 1.54) is 11.1 Å². The predicted molar refractivity (Wildman–Crippen MR) is 63.1 cm³/mol. The number of aryl methyl sites for hydroxylation is 2. The van der Waals surface area contributed by atoms with Crippen LogP contribution in [-0.4, -0.2) is 5.91 Å². The van der Waals surface area contributed by atoms with Crippen LogP contribution in [0.15, 0.2) is 24.3 Å². The Hall–Kier alpha value is -1.35. The second kappa shape index (κ2) is 7.01. The first-order valence-corrected chi connectivity index (χ1v) is 5.01. The minimum Gasteiger partial charge on any atom is -0.294 e. The number of hydrogen-bond acceptors (Lipinski definition) is 2. The molecule has 3 N–H and O–H groups in total. The highest BCUT2D eigenvalue weighted by atomic mass is 16.2. The average molecular weight is 208 g/mol. The van der Waals surface area contributed by atoms with Crippen molar-refractivity contribution in [2.24, 2.45) is 11.8 Å². The molecule has 0 saturated carbocycles. The van der Waals surface area contributed by atoms with Gasteiger partial charge in [0.2, 0.25) is 5.91 Å². The van der Waals surface area contributed by atoms with Crippen molar-refractivity contribution < 1.29 is 4.79 Å². The molecule has 0 aliphatic carbocycles. The van der Waals surface area contributed by atoms with E-state index in [1.807, 2.05) is 5.43 Å². The SMILES string of the molecule is CC(C)C(=O)NN.Cc1ccccc1C. The summed E-state index contributed by atoms with van der Waals surface area (Å²) >= 11 is 0. The second-order valence-corrected chi connectivity index (χ2v) is 3.75. The van der Waals surface area contributed by atoms with Gasteiger partial charge in [0.1, 0.15) is 0 Å². The lowest BCUT2D eigenvalue weighted by molar-refractivity contribution is -0.124. The van der Waals surface area contributed by atoms with Crippen LogP contribution in [0.2, 0.25) is 0 Å². The van der Waals surface area contributed by atoms with E-state index in [2.05, 4.69) is 38.1 Å². The molecule has 15 heavy (non-hydrogen) atoms. The molecule has 0 spiro atoms. The van der Waals surface area contributed by atoms with Crippen molar-refractivity contribution in [2.75, 3.05) is 0 Å². The highest BCUT2D eigenvalue weighted by molar-refractivity contribution is 5.77. The van der Waals surface area contributed by atoms with Gasteiger partial charge >= 0.3 is 0 Å². The van der Waals surface area contributed by atoms with Crippen LogP contribution in [0.1, 0.15) is 25.0 Å². The minimum absolute atomic E-state index is 0.00926. The van der Waals surface area contributed by atoms with Gasteiger partial charge < -0.3 is 0 Å². The van der Waals surface area contributed by atoms with Crippen LogP contribution in [0.25, 0.3) is 0 Å². The third-order valence-corrected chi connectivity index (χ3v) is 2.09. The highest BCUT2D eigenvalue weighted by Gasteiger charge is 2.00. The van der Waals surface area contributed by atoms with Crippen molar-refractivity contribution in [1.29, 1.82) is 0 Å². The van der Waals surface area contributed by atoms with E-state index in [1.54, 1.807) is 13.8 Å². The van der Waals surface area contributed by atoms with E-state index in [-0.39, 0.29) is 11.8 Å². The molecule has 3 nitrogen and oxygen atoms in total. The van der Waals surface area contributed by atoms with Gasteiger partial charge in [-0.1, -0.05) is 38.1 Å². The Bertz CT molecular complexity index is 287. The number of rotatable bonds is 1. The number of nitrogens with two attached hydrogens (primary N) is 1. The lowest BCUT2D eigenvalue weighted by Crippen LogP contribution is -2.33. The number of hydrazine groups is 1. The zero-order chi connectivity index (χ0) is 11.8. The molecule has 0 heterocycles. The monoisotopic (exact) mass is 208 g/mol. The Morgan fingerprint density at radius 2 is 1.60 bits per heavy atom. The number of benzene rings is 1. The normalized spacial score (nSPS) is 9.20. The number of carbonyl (C=O) groups excluding carboxylic acids is 1. The number of carbonyl (C=O) groups is 1. The van der Waals surface area contributed by atoms with Crippen LogP contribution < -0.4 is 11.3 Å². The summed E-state index contributed by atoms with van der Waals surface area (Å²) in [7, 11) is 0. The van der Waals surface area contributed by atoms with Crippen molar-refractivity contribution in [3.05, 3.63) is 35.4 Å². The van der Waals surface area contributed by atoms with Gasteiger partial charge in [0.15, 0.2) is 0 Å². The van der Waals surface area contributed by atoms with E-state index in [9.17, 15) is 4.79 Å². The van der Waals surface area contributed by atoms with Gasteiger partial charge in [0, 0.05) is 5.92 Å². The van der Waals surface area contributed by atoms with Crippen LogP contribution in [-0.2, 0) is 4.79 Å². The third kappa shape index (κ3) is 5.86. The molecule has 1 amide bonds. The Labute approximate surface area is 91.6 Å². The van der Waals surface area contributed by atoms with Crippen molar-refractivity contribution in [1.82, 2.24) is 5.43 Å². The molecular weight excluding hydrogens is 188 g/mol. The van der Waals surface area contributed by atoms with Gasteiger partial charge in [0.25, 0.3) is 0 Å². The Morgan fingerprint density at radius 3 is 1.73 bits per heavy atom. The van der Waals surface area contributed by atoms with Crippen molar-refractivity contribution >= 4 is 5.91 Å². The maximum absolute atomic E-state index is 10.3. The topological polar surface area (TPSA) is 55.1 Å². The maximum atomic E-state index is 10.3. The van der Waals surface area contributed by atoms with Crippen LogP contribution in [0.4, 0.5) is 0 Å². The molecule has 0 saturated heterocycles. The van der Waals surface area contributed by atoms with Gasteiger partial charge in [0.05, 0.1) is 0 Å². The first-order valence-electron chi connectivity index (χ1n) is 5.01. The molecule has 0 radical (unpaired) electrons. The Morgan fingerprint density at radius 1 is 1.20 bits per heavy atom. The van der Waals surface area contributed by atoms with Crippen LogP contribution in [0, 0.1) is 19.8 Å². The van der Waals surface area contributed by atoms with Gasteiger partial charge in [-0.05, 0) is 25.0 Å². The lowest BCUT2D eigenvalue weighted by Gasteiger charge is -1.98. The summed E-state index contributed by atoms with van der Waals surface area (Å²) in [6.07, 6.45) is 0. The molecule has 1 aromatic carbocycles. The molecule has 0 atom stereocenters. The van der Waals surface area contributed by atoms with Crippen LogP contribution in [0.5, 0.6) is 0 Å². The molecule has 0 aliphatic heterocycles. The van der Waals surface area contributed by atoms with Crippen molar-refractivity contribution in [3.63, 3.8) is 0 Å². The summed E-state index contributed by atoms with van der Waals surface area (Å²) in [6, 6.07) is 8.36. The van der Waals surface area contributed by atoms with Crippen molar-refractivity contribution in [3.8, 4) is 0 Å². The molecule has 1 rings (SSSR count). The molecule has 3 heteroatoms. The fourth-order valence-corrected chi connectivity index (χ4v) is 0.829. The second-order valence-electron chi connectivity index (χ2n) is 3.75. The first-order chi connectivity index (χ1) is 6.99. The molecular formula is C12H20N2O. The standard InChI is InChI=1S/C8H10.C4H10N2O/c1-7-5-3-4-6-8(7)2;1-3(2)4(7)6-5/h3-6H,1-2H3;3H,5H2,1-2H3,(H,6,7). The molecule has 0 aromatic heterocycles. The zero-order valence-electron chi connectivity index (χ0n) is 9.87. The molecule has 0 bridgehead atoms. The summed E-state index contributed by atoms with van der Waals surface area (Å²) < 4.78 is 0. The van der Waals surface area contributed by atoms with Gasteiger partial charge in [-0.15, -0.1) is 0 Å². The van der Waals surface area contributed by atoms with E-state index in [0.29, 0.717) is 0 Å². The smallest absolute Gasteiger partial charge is 0.236 e. The highest BCUT2D eigenvalue weighted by Crippen LogP contribution is 2.02. The van der Waals surface area contributed by atoms with E-state index < -0.39 is 0 Å². The Kier molecular flexibility index (Phi) is 6.38. The number of hydrogen-bond donors (Lipinski definition) is 2. The molecule has 1 aromatic rings. The van der Waals surface area contributed by atoms with Gasteiger partial charge in [-0.25, -0.2) is 5.84 Å². The van der Waals surface area contributed by atoms with Gasteiger partial charge in [-0.3, -0.25) is 10.2 Å². The molecule has 0 aliphatic rings. The molecule has 84 valence electrons. The largest absolute Gasteiger partial charge is 0.294 e. The summed E-state index contributed by atoms with van der Waals surface area (Å²) in [6.45, 7) is 7.80. The molecule has 0 unspecified atom stereocenters. The van der Waals surface area contributed by atoms with Crippen LogP contribution >= 0.6 is 0 Å². The summed E-state index contributed by atoms with van der Waals surface area (Å²) in [4.78, 5) is 10.3. The summed E-state index contributed by atoms with van der Waals surface area (Å²) in [5, 5.41) is 0. The number of amides is 1. The van der Waals surface area contributed by atoms with Crippen LogP contribution in [0.3, 0.4) is 0 Å². The average Bonchev–Trinajstić information content (AvgIpc) is 2.22. The van der Waals surface area contributed by atoms with Crippen molar-refractivity contribution in [2.45, 2.75) is 27.7 Å². The fraction of sp³-hybridized carbons (Fsp3) is 0.417. The maximum Gasteiger partial charge on any atom is 0.236 e. The first kappa shape index (κ1) is 13.7. The fourth-order valence-electron chi connectivity index (χ4n) is 0.829. The number of nitrogens with one attached hydrogen (secondary N) is 1. The Balaban J connectivity index is 0.000000265. The lowest BCUT2D eigenvalue weighted by atomic mass is 10.1. The predicted octanol–water partition coefficient (Wildman–Crippen LogP) is 1.94. The third-order valence-electron chi connectivity index (χ3n) is 2.09. The summed E-state index contributed by atoms with van der Waals surface area (Å²) in [5.41, 5.74) is 4.76. The van der Waals surface area contributed by atoms with E-state index in [0.717, 1.165) is 0 Å².